The van der Waals surface area contributed by atoms with Crippen LogP contribution in [0.25, 0.3) is 0 Å². The van der Waals surface area contributed by atoms with Gasteiger partial charge in [-0.1, -0.05) is 12.1 Å². The van der Waals surface area contributed by atoms with Gasteiger partial charge in [0.15, 0.2) is 0 Å². The first-order valence-electron chi connectivity index (χ1n) is 10.1. The van der Waals surface area contributed by atoms with E-state index in [1.54, 1.807) is 0 Å². The highest BCUT2D eigenvalue weighted by Gasteiger charge is 2.26. The Labute approximate surface area is 162 Å². The lowest BCUT2D eigenvalue weighted by molar-refractivity contribution is -0.135. The molecule has 3 N–H and O–H groups in total. The monoisotopic (exact) mass is 375 g/mol. The number of amides is 2. The van der Waals surface area contributed by atoms with Crippen LogP contribution in [-0.2, 0) is 9.59 Å². The van der Waals surface area contributed by atoms with Crippen molar-refractivity contribution >= 4 is 11.8 Å². The number of aryl methyl sites for hydroxylation is 1. The largest absolute Gasteiger partial charge is 0.494 e. The maximum Gasteiger partial charge on any atom is 0.222 e. The van der Waals surface area contributed by atoms with Crippen LogP contribution in [0, 0.1) is 6.92 Å². The Bertz CT molecular complexity index is 606. The third-order valence-electron chi connectivity index (χ3n) is 4.90. The zero-order valence-corrected chi connectivity index (χ0v) is 16.4. The van der Waals surface area contributed by atoms with Gasteiger partial charge >= 0.3 is 0 Å². The summed E-state index contributed by atoms with van der Waals surface area (Å²) in [5, 5.41) is 2.90. The third kappa shape index (κ3) is 7.59. The molecule has 1 saturated heterocycles. The number of nitrogens with one attached hydrogen (secondary N) is 1. The topological polar surface area (TPSA) is 84.7 Å². The van der Waals surface area contributed by atoms with Crippen LogP contribution in [0.2, 0.25) is 0 Å². The van der Waals surface area contributed by atoms with Crippen molar-refractivity contribution in [3.05, 3.63) is 29.8 Å². The van der Waals surface area contributed by atoms with Crippen LogP contribution in [0.4, 0.5) is 0 Å². The summed E-state index contributed by atoms with van der Waals surface area (Å²) < 4.78 is 5.74. The number of carbonyl (C=O) groups excluding carboxylic acids is 2. The highest BCUT2D eigenvalue weighted by Crippen LogP contribution is 2.19. The number of nitrogens with zero attached hydrogens (tertiary/aromatic N) is 1. The number of unbranched alkanes of at least 4 members (excludes halogenated alkanes) is 1. The molecule has 1 heterocycles. The molecule has 0 aliphatic carbocycles. The minimum atomic E-state index is -0.0382. The van der Waals surface area contributed by atoms with Crippen molar-refractivity contribution in [2.24, 2.45) is 5.73 Å². The Balaban J connectivity index is 1.68. The Kier molecular flexibility index (Phi) is 9.11. The minimum absolute atomic E-state index is 0.0382. The maximum atomic E-state index is 12.6. The van der Waals surface area contributed by atoms with E-state index in [1.807, 2.05) is 36.1 Å². The second kappa shape index (κ2) is 11.6. The Morgan fingerprint density at radius 1 is 1.26 bits per heavy atom. The number of piperidine rings is 1. The first kappa shape index (κ1) is 21.2. The number of rotatable bonds is 10. The molecule has 1 unspecified atom stereocenters. The SMILES string of the molecule is Cc1cccc(OCCCCC(=O)N2CCCCC2CNC(=O)CCN)c1. The fourth-order valence-corrected chi connectivity index (χ4v) is 3.41. The zero-order valence-electron chi connectivity index (χ0n) is 16.4. The van der Waals surface area contributed by atoms with E-state index < -0.39 is 0 Å². The first-order chi connectivity index (χ1) is 13.1. The van der Waals surface area contributed by atoms with Crippen molar-refractivity contribution in [1.82, 2.24) is 10.2 Å². The van der Waals surface area contributed by atoms with Crippen LogP contribution in [-0.4, -0.2) is 49.0 Å². The predicted octanol–water partition coefficient (Wildman–Crippen LogP) is 2.39. The van der Waals surface area contributed by atoms with Crippen molar-refractivity contribution < 1.29 is 14.3 Å². The molecule has 6 nitrogen and oxygen atoms in total. The summed E-state index contributed by atoms with van der Waals surface area (Å²) in [7, 11) is 0. The Hall–Kier alpha value is -2.08. The molecule has 27 heavy (non-hydrogen) atoms. The second-order valence-electron chi connectivity index (χ2n) is 7.20. The standard InChI is InChI=1S/C21H33N3O3/c1-17-7-6-9-19(15-17)27-14-5-3-10-21(26)24-13-4-2-8-18(24)16-23-20(25)11-12-22/h6-7,9,15,18H,2-5,8,10-14,16,22H2,1H3,(H,23,25). The van der Waals surface area contributed by atoms with Crippen molar-refractivity contribution in [3.63, 3.8) is 0 Å². The van der Waals surface area contributed by atoms with E-state index in [0.717, 1.165) is 44.4 Å². The van der Waals surface area contributed by atoms with Crippen LogP contribution in [0.3, 0.4) is 0 Å². The van der Waals surface area contributed by atoms with E-state index in [2.05, 4.69) is 5.32 Å². The molecule has 1 atom stereocenters. The summed E-state index contributed by atoms with van der Waals surface area (Å²) >= 11 is 0. The van der Waals surface area contributed by atoms with Gasteiger partial charge in [0.25, 0.3) is 0 Å². The van der Waals surface area contributed by atoms with Gasteiger partial charge in [0, 0.05) is 38.5 Å². The van der Waals surface area contributed by atoms with E-state index in [4.69, 9.17) is 10.5 Å². The normalized spacial score (nSPS) is 16.8. The van der Waals surface area contributed by atoms with Crippen LogP contribution in [0.5, 0.6) is 5.75 Å². The molecular weight excluding hydrogens is 342 g/mol. The fraction of sp³-hybridized carbons (Fsp3) is 0.619. The summed E-state index contributed by atoms with van der Waals surface area (Å²) in [5.41, 5.74) is 6.58. The lowest BCUT2D eigenvalue weighted by Gasteiger charge is -2.36. The van der Waals surface area contributed by atoms with E-state index >= 15 is 0 Å². The second-order valence-corrected chi connectivity index (χ2v) is 7.20. The van der Waals surface area contributed by atoms with Crippen molar-refractivity contribution in [1.29, 1.82) is 0 Å². The molecule has 1 aliphatic heterocycles. The molecule has 2 amide bonds. The summed E-state index contributed by atoms with van der Waals surface area (Å²) in [6, 6.07) is 8.10. The van der Waals surface area contributed by atoms with Gasteiger partial charge in [-0.2, -0.15) is 0 Å². The van der Waals surface area contributed by atoms with Gasteiger partial charge < -0.3 is 20.7 Å². The van der Waals surface area contributed by atoms with E-state index in [9.17, 15) is 9.59 Å². The van der Waals surface area contributed by atoms with E-state index in [0.29, 0.717) is 32.5 Å². The molecule has 2 rings (SSSR count). The quantitative estimate of drug-likeness (QED) is 0.615. The first-order valence-corrected chi connectivity index (χ1v) is 10.1. The summed E-state index contributed by atoms with van der Waals surface area (Å²) in [6.45, 7) is 4.33. The van der Waals surface area contributed by atoms with Crippen LogP contribution >= 0.6 is 0 Å². The lowest BCUT2D eigenvalue weighted by Crippen LogP contribution is -2.49. The van der Waals surface area contributed by atoms with E-state index in [1.165, 1.54) is 5.56 Å². The Morgan fingerprint density at radius 2 is 2.11 bits per heavy atom. The van der Waals surface area contributed by atoms with Crippen LogP contribution in [0.1, 0.15) is 50.5 Å². The number of benzene rings is 1. The molecule has 0 spiro atoms. The number of nitrogens with two attached hydrogens (primary N) is 1. The van der Waals surface area contributed by atoms with Crippen molar-refractivity contribution in [2.75, 3.05) is 26.2 Å². The number of ether oxygens (including phenoxy) is 1. The molecule has 1 aromatic carbocycles. The molecule has 1 fully saturated rings. The smallest absolute Gasteiger partial charge is 0.222 e. The average molecular weight is 376 g/mol. The van der Waals surface area contributed by atoms with E-state index in [-0.39, 0.29) is 17.9 Å². The van der Waals surface area contributed by atoms with Gasteiger partial charge in [0.1, 0.15) is 5.75 Å². The molecule has 1 aliphatic rings. The fourth-order valence-electron chi connectivity index (χ4n) is 3.41. The van der Waals surface area contributed by atoms with Gasteiger partial charge in [-0.15, -0.1) is 0 Å². The molecule has 0 saturated carbocycles. The number of carbonyl (C=O) groups is 2. The number of hydrogen-bond donors (Lipinski definition) is 2. The molecule has 1 aromatic rings. The predicted molar refractivity (Wildman–Crippen MR) is 107 cm³/mol. The third-order valence-corrected chi connectivity index (χ3v) is 4.90. The minimum Gasteiger partial charge on any atom is -0.494 e. The maximum absolute atomic E-state index is 12.6. The molecule has 150 valence electrons. The molecule has 0 bridgehead atoms. The van der Waals surface area contributed by atoms with Crippen molar-refractivity contribution in [2.45, 2.75) is 57.9 Å². The molecule has 6 heteroatoms. The zero-order chi connectivity index (χ0) is 19.5. The van der Waals surface area contributed by atoms with Crippen LogP contribution in [0.15, 0.2) is 24.3 Å². The summed E-state index contributed by atoms with van der Waals surface area (Å²) in [5.74, 6) is 1.03. The van der Waals surface area contributed by atoms with Gasteiger partial charge in [0.2, 0.25) is 11.8 Å². The highest BCUT2D eigenvalue weighted by molar-refractivity contribution is 5.77. The molecule has 0 radical (unpaired) electrons. The lowest BCUT2D eigenvalue weighted by atomic mass is 10.0. The van der Waals surface area contributed by atoms with Gasteiger partial charge in [-0.05, 0) is 56.7 Å². The number of hydrogen-bond acceptors (Lipinski definition) is 4. The number of likely N-dealkylation sites (tertiary alicyclic amines) is 1. The highest BCUT2D eigenvalue weighted by atomic mass is 16.5. The van der Waals surface area contributed by atoms with Crippen molar-refractivity contribution in [3.8, 4) is 5.75 Å². The summed E-state index contributed by atoms with van der Waals surface area (Å²) in [4.78, 5) is 26.2. The van der Waals surface area contributed by atoms with Gasteiger partial charge in [-0.25, -0.2) is 0 Å². The average Bonchev–Trinajstić information content (AvgIpc) is 2.66. The molecular formula is C21H33N3O3. The van der Waals surface area contributed by atoms with Gasteiger partial charge in [-0.3, -0.25) is 9.59 Å². The van der Waals surface area contributed by atoms with Gasteiger partial charge in [0.05, 0.1) is 6.61 Å². The summed E-state index contributed by atoms with van der Waals surface area (Å²) in [6.07, 6.45) is 5.62. The Morgan fingerprint density at radius 3 is 2.89 bits per heavy atom. The van der Waals surface area contributed by atoms with Crippen LogP contribution < -0.4 is 15.8 Å². The molecule has 0 aromatic heterocycles.